The lowest BCUT2D eigenvalue weighted by atomic mass is 9.91. The number of nitrogens with zero attached hydrogens (tertiary/aromatic N) is 2. The second kappa shape index (κ2) is 6.97. The number of nitrogens with one attached hydrogen (secondary N) is 2. The Morgan fingerprint density at radius 2 is 1.96 bits per heavy atom. The van der Waals surface area contributed by atoms with Gasteiger partial charge in [0.2, 0.25) is 0 Å². The molecule has 0 atom stereocenters. The molecule has 0 bridgehead atoms. The Morgan fingerprint density at radius 3 is 2.62 bits per heavy atom. The first kappa shape index (κ1) is 16.9. The minimum Gasteiger partial charge on any atom is -0.364 e. The van der Waals surface area contributed by atoms with Gasteiger partial charge < -0.3 is 11.1 Å². The van der Waals surface area contributed by atoms with Crippen LogP contribution < -0.4 is 11.1 Å². The van der Waals surface area contributed by atoms with E-state index in [-0.39, 0.29) is 11.5 Å². The van der Waals surface area contributed by atoms with Crippen LogP contribution in [-0.2, 0) is 0 Å². The van der Waals surface area contributed by atoms with E-state index in [2.05, 4.69) is 20.5 Å². The van der Waals surface area contributed by atoms with Crippen molar-refractivity contribution >= 4 is 17.2 Å². The fourth-order valence-electron chi connectivity index (χ4n) is 3.30. The van der Waals surface area contributed by atoms with Crippen molar-refractivity contribution in [2.45, 2.75) is 18.8 Å². The highest BCUT2D eigenvalue weighted by molar-refractivity contribution is 7.13. The third-order valence-electron chi connectivity index (χ3n) is 4.63. The Morgan fingerprint density at radius 1 is 1.23 bits per heavy atom. The lowest BCUT2D eigenvalue weighted by Crippen LogP contribution is -2.27. The Bertz CT molecular complexity index is 927. The van der Waals surface area contributed by atoms with Crippen LogP contribution in [-0.4, -0.2) is 34.2 Å². The van der Waals surface area contributed by atoms with Gasteiger partial charge in [0, 0.05) is 22.6 Å². The van der Waals surface area contributed by atoms with Crippen molar-refractivity contribution < 1.29 is 9.18 Å². The molecule has 0 radical (unpaired) electrons. The first-order chi connectivity index (χ1) is 12.6. The highest BCUT2D eigenvalue weighted by atomic mass is 32.1. The number of H-pyrrole nitrogens is 1. The van der Waals surface area contributed by atoms with Gasteiger partial charge >= 0.3 is 0 Å². The standard InChI is InChI=1S/C18H18FN5OS/c19-12-3-1-10(2-4-12)15-14(18-22-13(9-26-18)17(20)25)16(24-23-15)11-5-7-21-8-6-11/h1-4,9,11,21H,5-8H2,(H2,20,25)(H,23,24). The molecule has 1 aromatic carbocycles. The van der Waals surface area contributed by atoms with Gasteiger partial charge in [0.25, 0.3) is 5.91 Å². The van der Waals surface area contributed by atoms with E-state index in [1.54, 1.807) is 17.5 Å². The van der Waals surface area contributed by atoms with E-state index in [0.29, 0.717) is 16.6 Å². The fraction of sp³-hybridized carbons (Fsp3) is 0.278. The van der Waals surface area contributed by atoms with E-state index in [0.717, 1.165) is 42.8 Å². The highest BCUT2D eigenvalue weighted by Crippen LogP contribution is 2.40. The number of carbonyl (C=O) groups excluding carboxylic acids is 1. The number of halogens is 1. The first-order valence-electron chi connectivity index (χ1n) is 8.44. The summed E-state index contributed by atoms with van der Waals surface area (Å²) in [4.78, 5) is 15.9. The van der Waals surface area contributed by atoms with Gasteiger partial charge in [-0.3, -0.25) is 9.89 Å². The number of hydrogen-bond acceptors (Lipinski definition) is 5. The maximum absolute atomic E-state index is 13.3. The summed E-state index contributed by atoms with van der Waals surface area (Å²) in [6, 6.07) is 6.22. The molecule has 8 heteroatoms. The monoisotopic (exact) mass is 371 g/mol. The summed E-state index contributed by atoms with van der Waals surface area (Å²) in [6.45, 7) is 1.89. The lowest BCUT2D eigenvalue weighted by molar-refractivity contribution is 0.0996. The molecule has 3 aromatic rings. The Labute approximate surface area is 153 Å². The largest absolute Gasteiger partial charge is 0.364 e. The second-order valence-corrected chi connectivity index (χ2v) is 7.15. The van der Waals surface area contributed by atoms with Crippen LogP contribution in [0.25, 0.3) is 21.8 Å². The number of amides is 1. The van der Waals surface area contributed by atoms with Gasteiger partial charge in [-0.1, -0.05) is 0 Å². The van der Waals surface area contributed by atoms with Gasteiger partial charge in [-0.15, -0.1) is 11.3 Å². The topological polar surface area (TPSA) is 96.7 Å². The minimum atomic E-state index is -0.553. The molecule has 0 spiro atoms. The average Bonchev–Trinajstić information content (AvgIpc) is 3.30. The van der Waals surface area contributed by atoms with Crippen LogP contribution in [0.4, 0.5) is 4.39 Å². The maximum atomic E-state index is 13.3. The molecule has 134 valence electrons. The number of aromatic amines is 1. The number of nitrogens with two attached hydrogens (primary N) is 1. The van der Waals surface area contributed by atoms with Crippen molar-refractivity contribution in [1.82, 2.24) is 20.5 Å². The van der Waals surface area contributed by atoms with Crippen LogP contribution in [0.1, 0.15) is 34.9 Å². The third kappa shape index (κ3) is 3.13. The van der Waals surface area contributed by atoms with Gasteiger partial charge in [-0.2, -0.15) is 5.10 Å². The van der Waals surface area contributed by atoms with Gasteiger partial charge in [0.05, 0.1) is 5.56 Å². The van der Waals surface area contributed by atoms with E-state index in [1.165, 1.54) is 23.5 Å². The molecule has 4 N–H and O–H groups in total. The molecule has 26 heavy (non-hydrogen) atoms. The summed E-state index contributed by atoms with van der Waals surface area (Å²) in [7, 11) is 0. The second-order valence-electron chi connectivity index (χ2n) is 6.29. The van der Waals surface area contributed by atoms with Crippen molar-refractivity contribution in [3.05, 3.63) is 46.9 Å². The summed E-state index contributed by atoms with van der Waals surface area (Å²) in [5.74, 6) is -0.522. The zero-order valence-electron chi connectivity index (χ0n) is 14.0. The molecule has 6 nitrogen and oxygen atoms in total. The number of rotatable bonds is 4. The number of hydrogen-bond donors (Lipinski definition) is 3. The molecule has 0 aliphatic carbocycles. The Kier molecular flexibility index (Phi) is 4.52. The third-order valence-corrected chi connectivity index (χ3v) is 5.49. The molecule has 2 aromatic heterocycles. The van der Waals surface area contributed by atoms with E-state index >= 15 is 0 Å². The van der Waals surface area contributed by atoms with E-state index < -0.39 is 5.91 Å². The summed E-state index contributed by atoms with van der Waals surface area (Å²) >= 11 is 1.36. The van der Waals surface area contributed by atoms with E-state index in [1.807, 2.05) is 0 Å². The highest BCUT2D eigenvalue weighted by Gasteiger charge is 2.26. The molecule has 1 fully saturated rings. The van der Waals surface area contributed by atoms with Gasteiger partial charge in [0.15, 0.2) is 0 Å². The Balaban J connectivity index is 1.84. The number of thiazole rings is 1. The van der Waals surface area contributed by atoms with Crippen LogP contribution in [0.5, 0.6) is 0 Å². The quantitative estimate of drug-likeness (QED) is 0.657. The number of primary amides is 1. The van der Waals surface area contributed by atoms with Crippen molar-refractivity contribution in [3.8, 4) is 21.8 Å². The molecule has 0 saturated carbocycles. The normalized spacial score (nSPS) is 15.3. The van der Waals surface area contributed by atoms with Gasteiger partial charge in [-0.05, 0) is 50.2 Å². The molecule has 1 saturated heterocycles. The van der Waals surface area contributed by atoms with Crippen LogP contribution >= 0.6 is 11.3 Å². The average molecular weight is 371 g/mol. The number of aromatic nitrogens is 3. The van der Waals surface area contributed by atoms with Crippen LogP contribution in [0, 0.1) is 5.82 Å². The van der Waals surface area contributed by atoms with E-state index in [9.17, 15) is 9.18 Å². The number of carbonyl (C=O) groups is 1. The summed E-state index contributed by atoms with van der Waals surface area (Å²) < 4.78 is 13.3. The van der Waals surface area contributed by atoms with Crippen LogP contribution in [0.3, 0.4) is 0 Å². The number of piperidine rings is 1. The first-order valence-corrected chi connectivity index (χ1v) is 9.32. The molecule has 4 rings (SSSR count). The summed E-state index contributed by atoms with van der Waals surface area (Å²) in [5.41, 5.74) is 9.00. The van der Waals surface area contributed by atoms with E-state index in [4.69, 9.17) is 5.73 Å². The molecule has 0 unspecified atom stereocenters. The van der Waals surface area contributed by atoms with Crippen molar-refractivity contribution in [2.75, 3.05) is 13.1 Å². The number of benzene rings is 1. The predicted molar refractivity (Wildman–Crippen MR) is 98.5 cm³/mol. The predicted octanol–water partition coefficient (Wildman–Crippen LogP) is 2.91. The smallest absolute Gasteiger partial charge is 0.268 e. The SMILES string of the molecule is NC(=O)c1csc(-c2c(-c3ccc(F)cc3)n[nH]c2C2CCNCC2)n1. The fourth-order valence-corrected chi connectivity index (χ4v) is 4.16. The minimum absolute atomic E-state index is 0.243. The van der Waals surface area contributed by atoms with Gasteiger partial charge in [0.1, 0.15) is 22.2 Å². The molecule has 1 aliphatic rings. The Hall–Kier alpha value is -2.58. The maximum Gasteiger partial charge on any atom is 0.268 e. The summed E-state index contributed by atoms with van der Waals surface area (Å²) in [6.07, 6.45) is 1.98. The molecule has 1 aliphatic heterocycles. The molecule has 3 heterocycles. The zero-order chi connectivity index (χ0) is 18.1. The van der Waals surface area contributed by atoms with Crippen LogP contribution in [0.15, 0.2) is 29.6 Å². The zero-order valence-corrected chi connectivity index (χ0v) is 14.8. The van der Waals surface area contributed by atoms with Crippen molar-refractivity contribution in [3.63, 3.8) is 0 Å². The molecule has 1 amide bonds. The summed E-state index contributed by atoms with van der Waals surface area (Å²) in [5, 5.41) is 13.4. The molecular weight excluding hydrogens is 353 g/mol. The van der Waals surface area contributed by atoms with Gasteiger partial charge in [-0.25, -0.2) is 9.37 Å². The van der Waals surface area contributed by atoms with Crippen molar-refractivity contribution in [2.24, 2.45) is 5.73 Å². The lowest BCUT2D eigenvalue weighted by Gasteiger charge is -2.22. The van der Waals surface area contributed by atoms with Crippen molar-refractivity contribution in [1.29, 1.82) is 0 Å². The molecular formula is C18H18FN5OS. The van der Waals surface area contributed by atoms with Crippen LogP contribution in [0.2, 0.25) is 0 Å².